The number of nitrogens with one attached hydrogen (secondary N) is 2. The van der Waals surface area contributed by atoms with Gasteiger partial charge in [-0.05, 0) is 36.8 Å². The van der Waals surface area contributed by atoms with Crippen LogP contribution in [-0.2, 0) is 16.4 Å². The van der Waals surface area contributed by atoms with Crippen molar-refractivity contribution in [1.29, 1.82) is 0 Å². The van der Waals surface area contributed by atoms with Crippen LogP contribution in [0.3, 0.4) is 0 Å². The molecule has 1 heterocycles. The lowest BCUT2D eigenvalue weighted by atomic mass is 10.0. The van der Waals surface area contributed by atoms with Crippen LogP contribution in [0, 0.1) is 11.6 Å². The minimum absolute atomic E-state index is 0.171. The number of aliphatic hydroxyl groups excluding tert-OH is 1. The number of benzene rings is 2. The number of nitrogens with zero attached hydrogens (tertiary/aromatic N) is 1. The van der Waals surface area contributed by atoms with Gasteiger partial charge >= 0.3 is 0 Å². The minimum Gasteiger partial charge on any atom is -0.391 e. The van der Waals surface area contributed by atoms with E-state index in [0.29, 0.717) is 18.3 Å². The molecule has 1 aromatic heterocycles. The van der Waals surface area contributed by atoms with Gasteiger partial charge in [-0.3, -0.25) is 4.72 Å². The Bertz CT molecular complexity index is 1070. The highest BCUT2D eigenvalue weighted by Crippen LogP contribution is 2.19. The third-order valence-electron chi connectivity index (χ3n) is 4.40. The molecule has 9 heteroatoms. The van der Waals surface area contributed by atoms with Crippen LogP contribution in [0.5, 0.6) is 0 Å². The highest BCUT2D eigenvalue weighted by Gasteiger charge is 2.18. The number of anilines is 2. The molecule has 0 spiro atoms. The number of hydrogen-bond acceptors (Lipinski definition) is 5. The van der Waals surface area contributed by atoms with Crippen LogP contribution < -0.4 is 10.0 Å². The van der Waals surface area contributed by atoms with Crippen molar-refractivity contribution in [3.63, 3.8) is 0 Å². The molecule has 0 amide bonds. The van der Waals surface area contributed by atoms with E-state index >= 15 is 0 Å². The molecule has 2 aromatic carbocycles. The van der Waals surface area contributed by atoms with Crippen LogP contribution in [0.25, 0.3) is 0 Å². The molecule has 0 bridgehead atoms. The predicted octanol–water partition coefficient (Wildman–Crippen LogP) is 3.56. The summed E-state index contributed by atoms with van der Waals surface area (Å²) in [6.45, 7) is 1.79. The van der Waals surface area contributed by atoms with Gasteiger partial charge in [0.1, 0.15) is 22.3 Å². The van der Waals surface area contributed by atoms with E-state index in [1.807, 2.05) is 30.3 Å². The zero-order valence-corrected chi connectivity index (χ0v) is 16.9. The summed E-state index contributed by atoms with van der Waals surface area (Å²) in [5.41, 5.74) is 0.764. The SMILES string of the molecule is CC(Nc1ccc(S(=O)(=O)Nc2cc(F)cc(F)c2)cn1)C(O)Cc1ccccc1. The normalized spacial score (nSPS) is 13.5. The fraction of sp³-hybridized carbons (Fsp3) is 0.190. The Morgan fingerprint density at radius 2 is 1.70 bits per heavy atom. The molecule has 3 N–H and O–H groups in total. The van der Waals surface area contributed by atoms with Crippen molar-refractivity contribution in [3.8, 4) is 0 Å². The van der Waals surface area contributed by atoms with E-state index < -0.39 is 27.8 Å². The first-order chi connectivity index (χ1) is 14.2. The molecule has 0 aliphatic carbocycles. The van der Waals surface area contributed by atoms with Crippen LogP contribution in [0.2, 0.25) is 0 Å². The van der Waals surface area contributed by atoms with Gasteiger partial charge in [0.05, 0.1) is 17.8 Å². The maximum Gasteiger partial charge on any atom is 0.263 e. The minimum atomic E-state index is -4.07. The third kappa shape index (κ3) is 5.74. The number of halogens is 2. The van der Waals surface area contributed by atoms with Crippen LogP contribution in [0.15, 0.2) is 71.8 Å². The Morgan fingerprint density at radius 3 is 2.30 bits per heavy atom. The number of aliphatic hydroxyl groups is 1. The van der Waals surface area contributed by atoms with E-state index in [1.54, 1.807) is 6.92 Å². The molecule has 0 saturated carbocycles. The molecule has 30 heavy (non-hydrogen) atoms. The lowest BCUT2D eigenvalue weighted by Gasteiger charge is -2.21. The highest BCUT2D eigenvalue weighted by molar-refractivity contribution is 7.92. The summed E-state index contributed by atoms with van der Waals surface area (Å²) in [5, 5.41) is 13.4. The number of pyridine rings is 1. The topological polar surface area (TPSA) is 91.3 Å². The van der Waals surface area contributed by atoms with Crippen LogP contribution in [0.1, 0.15) is 12.5 Å². The molecule has 6 nitrogen and oxygen atoms in total. The Morgan fingerprint density at radius 1 is 1.03 bits per heavy atom. The summed E-state index contributed by atoms with van der Waals surface area (Å²) in [6, 6.07) is 14.4. The Kier molecular flexibility index (Phi) is 6.63. The Hall–Kier alpha value is -3.04. The lowest BCUT2D eigenvalue weighted by Crippen LogP contribution is -2.32. The summed E-state index contributed by atoms with van der Waals surface area (Å²) < 4.78 is 53.5. The molecule has 3 rings (SSSR count). The highest BCUT2D eigenvalue weighted by atomic mass is 32.2. The van der Waals surface area contributed by atoms with Gasteiger partial charge in [-0.1, -0.05) is 30.3 Å². The van der Waals surface area contributed by atoms with Gasteiger partial charge in [0, 0.05) is 18.7 Å². The van der Waals surface area contributed by atoms with Gasteiger partial charge in [0.15, 0.2) is 0 Å². The van der Waals surface area contributed by atoms with E-state index in [2.05, 4.69) is 15.0 Å². The van der Waals surface area contributed by atoms with Crippen LogP contribution in [0.4, 0.5) is 20.3 Å². The van der Waals surface area contributed by atoms with E-state index in [0.717, 1.165) is 23.9 Å². The van der Waals surface area contributed by atoms with Crippen molar-refractivity contribution in [1.82, 2.24) is 4.98 Å². The van der Waals surface area contributed by atoms with Crippen molar-refractivity contribution >= 4 is 21.5 Å². The van der Waals surface area contributed by atoms with Gasteiger partial charge in [-0.25, -0.2) is 22.2 Å². The summed E-state index contributed by atoms with van der Waals surface area (Å²) in [6.07, 6.45) is 0.897. The zero-order valence-electron chi connectivity index (χ0n) is 16.1. The largest absolute Gasteiger partial charge is 0.391 e. The third-order valence-corrected chi connectivity index (χ3v) is 5.77. The number of aromatic nitrogens is 1. The summed E-state index contributed by atoms with van der Waals surface area (Å²) in [5.74, 6) is -1.41. The molecule has 0 radical (unpaired) electrons. The standard InChI is InChI=1S/C21H21F2N3O3S/c1-14(20(27)9-15-5-3-2-4-6-15)25-21-8-7-19(13-24-21)30(28,29)26-18-11-16(22)10-17(23)12-18/h2-8,10-14,20,26-27H,9H2,1H3,(H,24,25). The second-order valence-electron chi connectivity index (χ2n) is 6.83. The fourth-order valence-corrected chi connectivity index (χ4v) is 3.80. The maximum absolute atomic E-state index is 13.3. The molecule has 3 aromatic rings. The first-order valence-electron chi connectivity index (χ1n) is 9.16. The van der Waals surface area contributed by atoms with Crippen molar-refractivity contribution < 1.29 is 22.3 Å². The zero-order chi connectivity index (χ0) is 21.7. The van der Waals surface area contributed by atoms with E-state index in [9.17, 15) is 22.3 Å². The van der Waals surface area contributed by atoms with E-state index in [-0.39, 0.29) is 16.6 Å². The molecule has 158 valence electrons. The van der Waals surface area contributed by atoms with Gasteiger partial charge in [0.25, 0.3) is 10.0 Å². The van der Waals surface area contributed by atoms with E-state index in [4.69, 9.17) is 0 Å². The molecule has 0 saturated heterocycles. The molecule has 0 fully saturated rings. The molecule has 0 aliphatic rings. The predicted molar refractivity (Wildman–Crippen MR) is 111 cm³/mol. The Labute approximate surface area is 173 Å². The van der Waals surface area contributed by atoms with Crippen molar-refractivity contribution in [2.75, 3.05) is 10.0 Å². The smallest absolute Gasteiger partial charge is 0.263 e. The van der Waals surface area contributed by atoms with Crippen LogP contribution in [-0.4, -0.2) is 30.7 Å². The summed E-state index contributed by atoms with van der Waals surface area (Å²) >= 11 is 0. The average Bonchev–Trinajstić information content (AvgIpc) is 2.68. The first kappa shape index (κ1) is 21.7. The first-order valence-corrected chi connectivity index (χ1v) is 10.6. The molecule has 2 unspecified atom stereocenters. The number of hydrogen-bond donors (Lipinski definition) is 3. The fourth-order valence-electron chi connectivity index (χ4n) is 2.81. The maximum atomic E-state index is 13.3. The number of sulfonamides is 1. The lowest BCUT2D eigenvalue weighted by molar-refractivity contribution is 0.158. The molecular weight excluding hydrogens is 412 g/mol. The van der Waals surface area contributed by atoms with Gasteiger partial charge in [-0.15, -0.1) is 0 Å². The molecule has 2 atom stereocenters. The summed E-state index contributed by atoms with van der Waals surface area (Å²) in [4.78, 5) is 3.89. The van der Waals surface area contributed by atoms with Gasteiger partial charge < -0.3 is 10.4 Å². The van der Waals surface area contributed by atoms with Crippen LogP contribution >= 0.6 is 0 Å². The molecule has 0 aliphatic heterocycles. The van der Waals surface area contributed by atoms with Crippen molar-refractivity contribution in [2.24, 2.45) is 0 Å². The number of rotatable bonds is 8. The quantitative estimate of drug-likeness (QED) is 0.505. The Balaban J connectivity index is 1.64. The van der Waals surface area contributed by atoms with Crippen molar-refractivity contribution in [3.05, 3.63) is 84.1 Å². The van der Waals surface area contributed by atoms with Gasteiger partial charge in [-0.2, -0.15) is 0 Å². The summed E-state index contributed by atoms with van der Waals surface area (Å²) in [7, 11) is -4.07. The second-order valence-corrected chi connectivity index (χ2v) is 8.52. The monoisotopic (exact) mass is 433 g/mol. The van der Waals surface area contributed by atoms with Gasteiger partial charge in [0.2, 0.25) is 0 Å². The average molecular weight is 433 g/mol. The van der Waals surface area contributed by atoms with E-state index in [1.165, 1.54) is 12.1 Å². The second kappa shape index (κ2) is 9.19. The molecular formula is C21H21F2N3O3S. The van der Waals surface area contributed by atoms with Crippen molar-refractivity contribution in [2.45, 2.75) is 30.4 Å².